The molecular weight excluding hydrogens is 148 g/mol. The normalized spacial score (nSPS) is 31.6. The fourth-order valence-electron chi connectivity index (χ4n) is 1.75. The van der Waals surface area contributed by atoms with E-state index in [1.807, 2.05) is 13.8 Å². The fraction of sp³-hybridized carbons (Fsp3) is 1.00. The predicted octanol–water partition coefficient (Wildman–Crippen LogP) is 1.98. The van der Waals surface area contributed by atoms with Crippen molar-refractivity contribution in [3.63, 3.8) is 0 Å². The van der Waals surface area contributed by atoms with Gasteiger partial charge in [-0.15, -0.1) is 0 Å². The van der Waals surface area contributed by atoms with Crippen LogP contribution in [0.25, 0.3) is 0 Å². The molecule has 3 heteroatoms. The van der Waals surface area contributed by atoms with Crippen LogP contribution in [0.1, 0.15) is 20.3 Å². The van der Waals surface area contributed by atoms with Crippen molar-refractivity contribution >= 4 is 0 Å². The second-order valence-corrected chi connectivity index (χ2v) is 3.79. The molecule has 0 bridgehead atoms. The number of rotatable bonds is 1. The van der Waals surface area contributed by atoms with Crippen LogP contribution in [0, 0.1) is 5.92 Å². The Labute approximate surface area is 66.4 Å². The number of likely N-dealkylation sites (tertiary alicyclic amines) is 1. The van der Waals surface area contributed by atoms with Crippen molar-refractivity contribution in [1.29, 1.82) is 0 Å². The van der Waals surface area contributed by atoms with Gasteiger partial charge in [-0.2, -0.15) is 0 Å². The molecule has 1 nitrogen and oxygen atoms in total. The summed E-state index contributed by atoms with van der Waals surface area (Å²) in [7, 11) is 1.77. The van der Waals surface area contributed by atoms with Gasteiger partial charge in [-0.3, -0.25) is 4.90 Å². The van der Waals surface area contributed by atoms with Crippen molar-refractivity contribution < 1.29 is 8.78 Å². The SMILES string of the molecule is CC(C)[C@H]1CC(F)(F)CN1C. The first-order chi connectivity index (χ1) is 4.92. The molecule has 0 N–H and O–H groups in total. The smallest absolute Gasteiger partial charge is 0.262 e. The number of halogens is 2. The lowest BCUT2D eigenvalue weighted by atomic mass is 10.0. The maximum Gasteiger partial charge on any atom is 0.262 e. The largest absolute Gasteiger partial charge is 0.297 e. The van der Waals surface area contributed by atoms with Crippen molar-refractivity contribution in [2.75, 3.05) is 13.6 Å². The summed E-state index contributed by atoms with van der Waals surface area (Å²) in [5.74, 6) is -2.13. The molecule has 0 radical (unpaired) electrons. The van der Waals surface area contributed by atoms with Crippen LogP contribution in [0.3, 0.4) is 0 Å². The van der Waals surface area contributed by atoms with Crippen LogP contribution in [0.5, 0.6) is 0 Å². The van der Waals surface area contributed by atoms with Gasteiger partial charge in [0.05, 0.1) is 6.54 Å². The molecule has 0 saturated carbocycles. The number of hydrogen-bond donors (Lipinski definition) is 0. The quantitative estimate of drug-likeness (QED) is 0.571. The maximum atomic E-state index is 12.8. The minimum Gasteiger partial charge on any atom is -0.297 e. The molecule has 66 valence electrons. The third-order valence-electron chi connectivity index (χ3n) is 2.32. The molecule has 1 aliphatic rings. The Morgan fingerprint density at radius 2 is 2.00 bits per heavy atom. The minimum absolute atomic E-state index is 0.0289. The molecule has 1 atom stereocenters. The van der Waals surface area contributed by atoms with Crippen molar-refractivity contribution in [1.82, 2.24) is 4.90 Å². The van der Waals surface area contributed by atoms with E-state index in [2.05, 4.69) is 0 Å². The van der Waals surface area contributed by atoms with Crippen molar-refractivity contribution in [2.45, 2.75) is 32.2 Å². The van der Waals surface area contributed by atoms with E-state index in [0.717, 1.165) is 0 Å². The summed E-state index contributed by atoms with van der Waals surface area (Å²) in [6.07, 6.45) is 0.0289. The van der Waals surface area contributed by atoms with Gasteiger partial charge in [0.2, 0.25) is 0 Å². The van der Waals surface area contributed by atoms with E-state index in [0.29, 0.717) is 5.92 Å². The lowest BCUT2D eigenvalue weighted by molar-refractivity contribution is 0.0137. The van der Waals surface area contributed by atoms with Gasteiger partial charge in [-0.1, -0.05) is 13.8 Å². The van der Waals surface area contributed by atoms with Gasteiger partial charge in [-0.05, 0) is 13.0 Å². The first kappa shape index (κ1) is 8.91. The maximum absolute atomic E-state index is 12.8. The van der Waals surface area contributed by atoms with Gasteiger partial charge in [-0.25, -0.2) is 8.78 Å². The highest BCUT2D eigenvalue weighted by Crippen LogP contribution is 2.33. The minimum atomic E-state index is -2.45. The second-order valence-electron chi connectivity index (χ2n) is 3.79. The molecule has 1 fully saturated rings. The molecule has 0 aromatic rings. The molecule has 11 heavy (non-hydrogen) atoms. The highest BCUT2D eigenvalue weighted by atomic mass is 19.3. The van der Waals surface area contributed by atoms with Gasteiger partial charge in [0.1, 0.15) is 0 Å². The Bertz CT molecular complexity index is 145. The van der Waals surface area contributed by atoms with E-state index in [1.54, 1.807) is 11.9 Å². The summed E-state index contributed by atoms with van der Waals surface area (Å²) in [6, 6.07) is 0.0602. The van der Waals surface area contributed by atoms with Crippen LogP contribution in [0.2, 0.25) is 0 Å². The number of alkyl halides is 2. The lowest BCUT2D eigenvalue weighted by Crippen LogP contribution is -2.29. The van der Waals surface area contributed by atoms with Crippen molar-refractivity contribution in [3.05, 3.63) is 0 Å². The molecule has 1 saturated heterocycles. The molecule has 1 heterocycles. The van der Waals surface area contributed by atoms with Crippen LogP contribution < -0.4 is 0 Å². The van der Waals surface area contributed by atoms with Gasteiger partial charge < -0.3 is 0 Å². The Morgan fingerprint density at radius 3 is 2.18 bits per heavy atom. The van der Waals surface area contributed by atoms with Crippen LogP contribution in [-0.2, 0) is 0 Å². The van der Waals surface area contributed by atoms with E-state index in [9.17, 15) is 8.78 Å². The van der Waals surface area contributed by atoms with Crippen molar-refractivity contribution in [2.24, 2.45) is 5.92 Å². The molecular formula is C8H15F2N. The number of hydrogen-bond acceptors (Lipinski definition) is 1. The third kappa shape index (κ3) is 1.89. The first-order valence-electron chi connectivity index (χ1n) is 4.00. The topological polar surface area (TPSA) is 3.24 Å². The monoisotopic (exact) mass is 163 g/mol. The fourth-order valence-corrected chi connectivity index (χ4v) is 1.75. The van der Waals surface area contributed by atoms with E-state index >= 15 is 0 Å². The summed E-state index contributed by atoms with van der Waals surface area (Å²) in [5, 5.41) is 0. The zero-order valence-corrected chi connectivity index (χ0v) is 7.27. The highest BCUT2D eigenvalue weighted by Gasteiger charge is 2.43. The average Bonchev–Trinajstić information content (AvgIpc) is 2.05. The summed E-state index contributed by atoms with van der Waals surface area (Å²) >= 11 is 0. The molecule has 1 aliphatic heterocycles. The van der Waals surface area contributed by atoms with E-state index < -0.39 is 5.92 Å². The molecule has 0 aromatic heterocycles. The molecule has 0 unspecified atom stereocenters. The summed E-state index contributed by atoms with van der Waals surface area (Å²) in [4.78, 5) is 1.75. The van der Waals surface area contributed by atoms with Crippen LogP contribution >= 0.6 is 0 Å². The van der Waals surface area contributed by atoms with Gasteiger partial charge in [0.25, 0.3) is 5.92 Å². The summed E-state index contributed by atoms with van der Waals surface area (Å²) < 4.78 is 25.5. The molecule has 0 aromatic carbocycles. The summed E-state index contributed by atoms with van der Waals surface area (Å²) in [5.41, 5.74) is 0. The van der Waals surface area contributed by atoms with E-state index in [-0.39, 0.29) is 19.0 Å². The first-order valence-corrected chi connectivity index (χ1v) is 4.00. The third-order valence-corrected chi connectivity index (χ3v) is 2.32. The number of nitrogens with zero attached hydrogens (tertiary/aromatic N) is 1. The predicted molar refractivity (Wildman–Crippen MR) is 40.8 cm³/mol. The lowest BCUT2D eigenvalue weighted by Gasteiger charge is -2.21. The molecule has 0 aliphatic carbocycles. The molecule has 0 spiro atoms. The van der Waals surface area contributed by atoms with E-state index in [4.69, 9.17) is 0 Å². The van der Waals surface area contributed by atoms with Crippen LogP contribution in [0.4, 0.5) is 8.78 Å². The van der Waals surface area contributed by atoms with Crippen molar-refractivity contribution in [3.8, 4) is 0 Å². The van der Waals surface area contributed by atoms with E-state index in [1.165, 1.54) is 0 Å². The average molecular weight is 163 g/mol. The molecule has 1 rings (SSSR count). The van der Waals surface area contributed by atoms with Crippen LogP contribution in [0.15, 0.2) is 0 Å². The Kier molecular flexibility index (Phi) is 2.19. The van der Waals surface area contributed by atoms with Gasteiger partial charge >= 0.3 is 0 Å². The van der Waals surface area contributed by atoms with Crippen LogP contribution in [-0.4, -0.2) is 30.5 Å². The molecule has 0 amide bonds. The Hall–Kier alpha value is -0.180. The zero-order chi connectivity index (χ0) is 8.65. The van der Waals surface area contributed by atoms with Gasteiger partial charge in [0.15, 0.2) is 0 Å². The highest BCUT2D eigenvalue weighted by molar-refractivity contribution is 4.89. The van der Waals surface area contributed by atoms with Gasteiger partial charge in [0, 0.05) is 12.5 Å². The second kappa shape index (κ2) is 2.70. The summed E-state index contributed by atoms with van der Waals surface area (Å²) in [6.45, 7) is 3.90. The zero-order valence-electron chi connectivity index (χ0n) is 7.27. The Balaban J connectivity index is 2.59. The Morgan fingerprint density at radius 1 is 1.45 bits per heavy atom. The standard InChI is InChI=1S/C8H15F2N/c1-6(2)7-4-8(9,10)5-11(7)3/h6-7H,4-5H2,1-3H3/t7-/m1/s1.